The maximum Gasteiger partial charge on any atom is 0.126 e. The van der Waals surface area contributed by atoms with Crippen molar-refractivity contribution in [1.29, 1.82) is 0 Å². The van der Waals surface area contributed by atoms with Crippen LogP contribution < -0.4 is 10.1 Å². The summed E-state index contributed by atoms with van der Waals surface area (Å²) in [6.07, 6.45) is 10.6. The smallest absolute Gasteiger partial charge is 0.126 e. The van der Waals surface area contributed by atoms with Gasteiger partial charge in [-0.1, -0.05) is 23.7 Å². The highest BCUT2D eigenvalue weighted by Gasteiger charge is 2.22. The van der Waals surface area contributed by atoms with Crippen molar-refractivity contribution < 1.29 is 4.74 Å². The minimum absolute atomic E-state index is 0.201. The number of ether oxygens (including phenoxy) is 1. The molecular formula is C16H20ClNO. The Hall–Kier alpha value is -0.990. The third-order valence-electron chi connectivity index (χ3n) is 3.71. The molecule has 102 valence electrons. The normalized spacial score (nSPS) is 22.5. The number of hydrogen-bond donors (Lipinski definition) is 1. The van der Waals surface area contributed by atoms with Crippen LogP contribution in [0.1, 0.15) is 37.7 Å². The molecule has 1 atom stereocenters. The van der Waals surface area contributed by atoms with Crippen molar-refractivity contribution in [2.45, 2.75) is 50.8 Å². The molecule has 1 aromatic rings. The maximum atomic E-state index is 6.31. The van der Waals surface area contributed by atoms with E-state index in [0.29, 0.717) is 6.04 Å². The average Bonchev–Trinajstić information content (AvgIpc) is 3.23. The molecule has 3 rings (SSSR count). The lowest BCUT2D eigenvalue weighted by atomic mass is 10.1. The molecule has 2 aliphatic carbocycles. The maximum absolute atomic E-state index is 6.31. The molecule has 0 amide bonds. The van der Waals surface area contributed by atoms with Crippen LogP contribution in [0.25, 0.3) is 0 Å². The van der Waals surface area contributed by atoms with E-state index in [1.807, 2.05) is 18.2 Å². The van der Waals surface area contributed by atoms with Gasteiger partial charge in [0.25, 0.3) is 0 Å². The SMILES string of the molecule is Clc1cccc(OC2C=CCCC2)c1CNC1CC1. The highest BCUT2D eigenvalue weighted by Crippen LogP contribution is 2.30. The first-order valence-electron chi connectivity index (χ1n) is 7.17. The fourth-order valence-electron chi connectivity index (χ4n) is 2.40. The van der Waals surface area contributed by atoms with Gasteiger partial charge in [0.15, 0.2) is 0 Å². The lowest BCUT2D eigenvalue weighted by molar-refractivity contribution is 0.227. The van der Waals surface area contributed by atoms with Gasteiger partial charge in [0.1, 0.15) is 11.9 Å². The zero-order valence-electron chi connectivity index (χ0n) is 11.1. The zero-order valence-corrected chi connectivity index (χ0v) is 11.8. The van der Waals surface area contributed by atoms with Gasteiger partial charge < -0.3 is 10.1 Å². The fraction of sp³-hybridized carbons (Fsp3) is 0.500. The first-order valence-corrected chi connectivity index (χ1v) is 7.55. The van der Waals surface area contributed by atoms with E-state index in [1.165, 1.54) is 25.7 Å². The van der Waals surface area contributed by atoms with E-state index < -0.39 is 0 Å². The summed E-state index contributed by atoms with van der Waals surface area (Å²) in [5.41, 5.74) is 1.09. The van der Waals surface area contributed by atoms with Gasteiger partial charge in [0, 0.05) is 23.2 Å². The average molecular weight is 278 g/mol. The lowest BCUT2D eigenvalue weighted by Crippen LogP contribution is -2.19. The van der Waals surface area contributed by atoms with Gasteiger partial charge in [0.05, 0.1) is 0 Å². The predicted octanol–water partition coefficient (Wildman–Crippen LogP) is 4.08. The second kappa shape index (κ2) is 5.98. The second-order valence-electron chi connectivity index (χ2n) is 5.39. The van der Waals surface area contributed by atoms with Crippen LogP contribution in [0.15, 0.2) is 30.4 Å². The molecule has 1 unspecified atom stereocenters. The molecule has 1 N–H and O–H groups in total. The van der Waals surface area contributed by atoms with Crippen LogP contribution in [0.5, 0.6) is 5.75 Å². The number of halogens is 1. The van der Waals surface area contributed by atoms with Crippen molar-refractivity contribution in [3.05, 3.63) is 40.9 Å². The van der Waals surface area contributed by atoms with Gasteiger partial charge in [-0.3, -0.25) is 0 Å². The standard InChI is InChI=1S/C16H20ClNO/c17-15-7-4-8-16(14(15)11-18-12-9-10-12)19-13-5-2-1-3-6-13/h2,4-5,7-8,12-13,18H,1,3,6,9-11H2. The molecule has 2 aliphatic rings. The van der Waals surface area contributed by atoms with E-state index >= 15 is 0 Å². The van der Waals surface area contributed by atoms with Gasteiger partial charge in [-0.25, -0.2) is 0 Å². The molecule has 1 saturated carbocycles. The summed E-state index contributed by atoms with van der Waals surface area (Å²) in [5.74, 6) is 0.928. The van der Waals surface area contributed by atoms with E-state index in [9.17, 15) is 0 Å². The van der Waals surface area contributed by atoms with E-state index in [2.05, 4.69) is 17.5 Å². The molecule has 1 aromatic carbocycles. The van der Waals surface area contributed by atoms with Gasteiger partial charge in [-0.2, -0.15) is 0 Å². The van der Waals surface area contributed by atoms with E-state index in [1.54, 1.807) is 0 Å². The Bertz CT molecular complexity index is 468. The molecule has 3 heteroatoms. The highest BCUT2D eigenvalue weighted by atomic mass is 35.5. The lowest BCUT2D eigenvalue weighted by Gasteiger charge is -2.21. The molecule has 0 spiro atoms. The Balaban J connectivity index is 1.72. The number of benzene rings is 1. The summed E-state index contributed by atoms with van der Waals surface area (Å²) in [7, 11) is 0. The van der Waals surface area contributed by atoms with Gasteiger partial charge in [0.2, 0.25) is 0 Å². The summed E-state index contributed by atoms with van der Waals surface area (Å²) >= 11 is 6.31. The Morgan fingerprint density at radius 3 is 2.89 bits per heavy atom. The summed E-state index contributed by atoms with van der Waals surface area (Å²) in [5, 5.41) is 4.31. The van der Waals surface area contributed by atoms with Crippen LogP contribution in [-0.4, -0.2) is 12.1 Å². The molecule has 2 nitrogen and oxygen atoms in total. The minimum Gasteiger partial charge on any atom is -0.486 e. The van der Waals surface area contributed by atoms with Crippen LogP contribution in [0.2, 0.25) is 5.02 Å². The minimum atomic E-state index is 0.201. The first kappa shape index (κ1) is 13.0. The van der Waals surface area contributed by atoms with Crippen molar-refractivity contribution in [3.8, 4) is 5.75 Å². The van der Waals surface area contributed by atoms with E-state index in [0.717, 1.165) is 29.3 Å². The Morgan fingerprint density at radius 2 is 2.16 bits per heavy atom. The summed E-state index contributed by atoms with van der Waals surface area (Å²) in [4.78, 5) is 0. The van der Waals surface area contributed by atoms with Crippen LogP contribution in [-0.2, 0) is 6.54 Å². The van der Waals surface area contributed by atoms with Crippen molar-refractivity contribution in [2.75, 3.05) is 0 Å². The zero-order chi connectivity index (χ0) is 13.1. The van der Waals surface area contributed by atoms with Crippen molar-refractivity contribution in [2.24, 2.45) is 0 Å². The molecule has 0 aliphatic heterocycles. The summed E-state index contributed by atoms with van der Waals surface area (Å²) in [6.45, 7) is 0.802. The van der Waals surface area contributed by atoms with E-state index in [4.69, 9.17) is 16.3 Å². The molecule has 0 saturated heterocycles. The number of allylic oxidation sites excluding steroid dienone is 1. The summed E-state index contributed by atoms with van der Waals surface area (Å²) < 4.78 is 6.11. The fourth-order valence-corrected chi connectivity index (χ4v) is 2.63. The largest absolute Gasteiger partial charge is 0.486 e. The van der Waals surface area contributed by atoms with Crippen molar-refractivity contribution in [3.63, 3.8) is 0 Å². The van der Waals surface area contributed by atoms with Crippen LogP contribution in [0.3, 0.4) is 0 Å². The molecule has 19 heavy (non-hydrogen) atoms. The van der Waals surface area contributed by atoms with Gasteiger partial charge in [-0.05, 0) is 50.3 Å². The quantitative estimate of drug-likeness (QED) is 0.819. The Labute approximate surface area is 119 Å². The van der Waals surface area contributed by atoms with Gasteiger partial charge >= 0.3 is 0 Å². The topological polar surface area (TPSA) is 21.3 Å². The first-order chi connectivity index (χ1) is 9.33. The monoisotopic (exact) mass is 277 g/mol. The molecule has 1 fully saturated rings. The highest BCUT2D eigenvalue weighted by molar-refractivity contribution is 6.31. The van der Waals surface area contributed by atoms with Crippen molar-refractivity contribution >= 4 is 11.6 Å². The number of nitrogens with one attached hydrogen (secondary N) is 1. The van der Waals surface area contributed by atoms with Crippen LogP contribution >= 0.6 is 11.6 Å². The Morgan fingerprint density at radius 1 is 1.26 bits per heavy atom. The van der Waals surface area contributed by atoms with Crippen LogP contribution in [0, 0.1) is 0 Å². The van der Waals surface area contributed by atoms with Crippen LogP contribution in [0.4, 0.5) is 0 Å². The van der Waals surface area contributed by atoms with Crippen molar-refractivity contribution in [1.82, 2.24) is 5.32 Å². The number of rotatable bonds is 5. The van der Waals surface area contributed by atoms with Gasteiger partial charge in [-0.15, -0.1) is 0 Å². The molecule has 0 heterocycles. The third-order valence-corrected chi connectivity index (χ3v) is 4.06. The number of hydrogen-bond acceptors (Lipinski definition) is 2. The molecule has 0 radical (unpaired) electrons. The van der Waals surface area contributed by atoms with E-state index in [-0.39, 0.29) is 6.10 Å². The predicted molar refractivity (Wildman–Crippen MR) is 78.7 cm³/mol. The second-order valence-corrected chi connectivity index (χ2v) is 5.79. The molecule has 0 aromatic heterocycles. The third kappa shape index (κ3) is 3.52. The molecular weight excluding hydrogens is 258 g/mol. The Kier molecular flexibility index (Phi) is 4.09. The molecule has 0 bridgehead atoms. The summed E-state index contributed by atoms with van der Waals surface area (Å²) in [6, 6.07) is 6.61.